The van der Waals surface area contributed by atoms with E-state index in [1.165, 1.54) is 18.4 Å². The maximum absolute atomic E-state index is 12.6. The average molecular weight is 411 g/mol. The van der Waals surface area contributed by atoms with Gasteiger partial charge in [-0.1, -0.05) is 6.07 Å². The van der Waals surface area contributed by atoms with Crippen molar-refractivity contribution in [3.05, 3.63) is 23.3 Å². The molecule has 2 saturated carbocycles. The van der Waals surface area contributed by atoms with Crippen LogP contribution in [0.15, 0.2) is 12.1 Å². The average Bonchev–Trinajstić information content (AvgIpc) is 3.32. The molecular formula is C24H30N2O4. The molecule has 1 aromatic rings. The predicted octanol–water partition coefficient (Wildman–Crippen LogP) is 1.95. The SMILES string of the molecule is O=C1CCCN1[C@@H]1CCC2(O)[C@H]3Cc4ccc(O)c5c4[C@@]2(CCN3CC2CC2)[C@H]1O5. The van der Waals surface area contributed by atoms with E-state index >= 15 is 0 Å². The van der Waals surface area contributed by atoms with E-state index in [-0.39, 0.29) is 29.8 Å². The zero-order valence-electron chi connectivity index (χ0n) is 17.3. The van der Waals surface area contributed by atoms with Crippen LogP contribution in [0.4, 0.5) is 0 Å². The number of carbonyl (C=O) groups excluding carboxylic acids is 1. The van der Waals surface area contributed by atoms with E-state index in [4.69, 9.17) is 4.74 Å². The van der Waals surface area contributed by atoms with Crippen molar-refractivity contribution in [3.63, 3.8) is 0 Å². The molecule has 6 heteroatoms. The number of aromatic hydroxyl groups is 1. The Labute approximate surface area is 176 Å². The molecule has 2 saturated heterocycles. The van der Waals surface area contributed by atoms with E-state index in [9.17, 15) is 15.0 Å². The van der Waals surface area contributed by atoms with E-state index in [0.717, 1.165) is 56.8 Å². The number of hydrogen-bond donors (Lipinski definition) is 2. The number of phenolic OH excluding ortho intramolecular Hbond substituents is 1. The van der Waals surface area contributed by atoms with Gasteiger partial charge in [0.2, 0.25) is 5.91 Å². The lowest BCUT2D eigenvalue weighted by atomic mass is 9.48. The maximum Gasteiger partial charge on any atom is 0.223 e. The number of hydrogen-bond acceptors (Lipinski definition) is 5. The van der Waals surface area contributed by atoms with Gasteiger partial charge in [0, 0.05) is 31.1 Å². The molecule has 4 fully saturated rings. The minimum Gasteiger partial charge on any atom is -0.504 e. The monoisotopic (exact) mass is 410 g/mol. The Morgan fingerprint density at radius 2 is 2.03 bits per heavy atom. The molecular weight excluding hydrogens is 380 g/mol. The van der Waals surface area contributed by atoms with Crippen LogP contribution in [0.5, 0.6) is 11.5 Å². The fourth-order valence-corrected chi connectivity index (χ4v) is 7.79. The highest BCUT2D eigenvalue weighted by atomic mass is 16.5. The number of likely N-dealkylation sites (tertiary alicyclic amines) is 2. The van der Waals surface area contributed by atoms with E-state index in [0.29, 0.717) is 18.6 Å². The number of amides is 1. The topological polar surface area (TPSA) is 73.2 Å². The van der Waals surface area contributed by atoms with E-state index in [2.05, 4.69) is 4.90 Å². The lowest BCUT2D eigenvalue weighted by molar-refractivity contribution is -0.200. The lowest BCUT2D eigenvalue weighted by Gasteiger charge is -2.64. The minimum absolute atomic E-state index is 0.0198. The van der Waals surface area contributed by atoms with Gasteiger partial charge in [-0.05, 0) is 69.0 Å². The summed E-state index contributed by atoms with van der Waals surface area (Å²) in [6, 6.07) is 3.87. The summed E-state index contributed by atoms with van der Waals surface area (Å²) in [7, 11) is 0. The van der Waals surface area contributed by atoms with Crippen molar-refractivity contribution in [2.75, 3.05) is 19.6 Å². The lowest BCUT2D eigenvalue weighted by Crippen LogP contribution is -2.78. The number of piperidine rings is 1. The van der Waals surface area contributed by atoms with Gasteiger partial charge in [0.15, 0.2) is 11.5 Å². The van der Waals surface area contributed by atoms with Gasteiger partial charge in [0.05, 0.1) is 17.1 Å². The standard InChI is InChI=1S/C24H30N2O4/c27-17-6-5-15-12-18-24(29)8-7-16(26-10-1-2-19(26)28)22-23(24,20(15)21(17)30-22)9-11-25(18)13-14-3-4-14/h5-6,14,16,18,22,27,29H,1-4,7-13H2/t16-,18-,22+,23+,24?/m1/s1. The summed E-state index contributed by atoms with van der Waals surface area (Å²) in [5.74, 6) is 1.74. The molecule has 6 aliphatic rings. The molecule has 2 bridgehead atoms. The molecule has 5 atom stereocenters. The van der Waals surface area contributed by atoms with Crippen molar-refractivity contribution >= 4 is 5.91 Å². The molecule has 160 valence electrons. The van der Waals surface area contributed by atoms with Crippen LogP contribution in [0.2, 0.25) is 0 Å². The molecule has 1 amide bonds. The zero-order valence-corrected chi connectivity index (χ0v) is 17.3. The molecule has 3 aliphatic carbocycles. The first-order valence-electron chi connectivity index (χ1n) is 11.8. The Balaban J connectivity index is 1.39. The number of benzene rings is 1. The molecule has 3 heterocycles. The minimum atomic E-state index is -0.865. The summed E-state index contributed by atoms with van der Waals surface area (Å²) in [5, 5.41) is 23.1. The predicted molar refractivity (Wildman–Crippen MR) is 110 cm³/mol. The number of rotatable bonds is 3. The van der Waals surface area contributed by atoms with Crippen LogP contribution in [-0.2, 0) is 16.6 Å². The largest absolute Gasteiger partial charge is 0.504 e. The van der Waals surface area contributed by atoms with E-state index < -0.39 is 11.0 Å². The Hall–Kier alpha value is -1.79. The number of aliphatic hydroxyl groups is 1. The second kappa shape index (κ2) is 5.71. The van der Waals surface area contributed by atoms with Crippen LogP contribution in [0.25, 0.3) is 0 Å². The maximum atomic E-state index is 12.6. The quantitative estimate of drug-likeness (QED) is 0.797. The Morgan fingerprint density at radius 3 is 2.80 bits per heavy atom. The number of carbonyl (C=O) groups is 1. The highest BCUT2D eigenvalue weighted by Gasteiger charge is 2.73. The van der Waals surface area contributed by atoms with Gasteiger partial charge in [-0.3, -0.25) is 9.69 Å². The Morgan fingerprint density at radius 1 is 1.17 bits per heavy atom. The number of ether oxygens (including phenoxy) is 1. The second-order valence-electron chi connectivity index (χ2n) is 10.6. The molecule has 1 unspecified atom stereocenters. The van der Waals surface area contributed by atoms with E-state index in [1.54, 1.807) is 6.07 Å². The molecule has 0 aromatic heterocycles. The number of nitrogens with zero attached hydrogens (tertiary/aromatic N) is 2. The van der Waals surface area contributed by atoms with Crippen molar-refractivity contribution in [1.29, 1.82) is 0 Å². The first kappa shape index (κ1) is 17.8. The highest BCUT2D eigenvalue weighted by Crippen LogP contribution is 2.66. The molecule has 1 aromatic carbocycles. The Bertz CT molecular complexity index is 945. The summed E-state index contributed by atoms with van der Waals surface area (Å²) >= 11 is 0. The first-order chi connectivity index (χ1) is 14.5. The van der Waals surface area contributed by atoms with Gasteiger partial charge in [0.1, 0.15) is 6.10 Å². The molecule has 7 rings (SSSR count). The van der Waals surface area contributed by atoms with Gasteiger partial charge in [-0.15, -0.1) is 0 Å². The molecule has 0 radical (unpaired) electrons. The molecule has 3 aliphatic heterocycles. The summed E-state index contributed by atoms with van der Waals surface area (Å²) in [5.41, 5.74) is 0.879. The smallest absolute Gasteiger partial charge is 0.223 e. The van der Waals surface area contributed by atoms with Gasteiger partial charge < -0.3 is 19.8 Å². The van der Waals surface area contributed by atoms with Crippen molar-refractivity contribution in [1.82, 2.24) is 9.80 Å². The molecule has 30 heavy (non-hydrogen) atoms. The molecule has 6 nitrogen and oxygen atoms in total. The van der Waals surface area contributed by atoms with Crippen LogP contribution in [0, 0.1) is 5.92 Å². The van der Waals surface area contributed by atoms with Crippen LogP contribution < -0.4 is 4.74 Å². The third kappa shape index (κ3) is 2.00. The fraction of sp³-hybridized carbons (Fsp3) is 0.708. The van der Waals surface area contributed by atoms with Crippen molar-refractivity contribution in [3.8, 4) is 11.5 Å². The summed E-state index contributed by atoms with van der Waals surface area (Å²) in [4.78, 5) is 17.2. The fourth-order valence-electron chi connectivity index (χ4n) is 7.79. The van der Waals surface area contributed by atoms with Gasteiger partial charge >= 0.3 is 0 Å². The summed E-state index contributed by atoms with van der Waals surface area (Å²) in [6.45, 7) is 2.83. The van der Waals surface area contributed by atoms with Crippen LogP contribution >= 0.6 is 0 Å². The van der Waals surface area contributed by atoms with Crippen molar-refractivity contribution in [2.24, 2.45) is 5.92 Å². The van der Waals surface area contributed by atoms with Gasteiger partial charge in [0.25, 0.3) is 0 Å². The van der Waals surface area contributed by atoms with Crippen LogP contribution in [0.1, 0.15) is 56.1 Å². The second-order valence-corrected chi connectivity index (χ2v) is 10.6. The zero-order chi connectivity index (χ0) is 20.3. The van der Waals surface area contributed by atoms with Crippen molar-refractivity contribution in [2.45, 2.75) is 80.6 Å². The van der Waals surface area contributed by atoms with E-state index in [1.807, 2.05) is 11.0 Å². The first-order valence-corrected chi connectivity index (χ1v) is 11.8. The highest BCUT2D eigenvalue weighted by molar-refractivity contribution is 5.79. The number of phenols is 1. The van der Waals surface area contributed by atoms with Gasteiger partial charge in [-0.2, -0.15) is 0 Å². The van der Waals surface area contributed by atoms with Gasteiger partial charge in [-0.25, -0.2) is 0 Å². The van der Waals surface area contributed by atoms with Crippen LogP contribution in [-0.4, -0.2) is 69.3 Å². The Kier molecular flexibility index (Phi) is 3.40. The van der Waals surface area contributed by atoms with Crippen LogP contribution in [0.3, 0.4) is 0 Å². The molecule has 2 N–H and O–H groups in total. The van der Waals surface area contributed by atoms with Crippen molar-refractivity contribution < 1.29 is 19.7 Å². The summed E-state index contributed by atoms with van der Waals surface area (Å²) in [6.07, 6.45) is 6.98. The summed E-state index contributed by atoms with van der Waals surface area (Å²) < 4.78 is 6.55. The normalized spacial score (nSPS) is 41.7. The third-order valence-electron chi connectivity index (χ3n) is 9.24. The molecule has 1 spiro atoms. The third-order valence-corrected chi connectivity index (χ3v) is 9.24.